The molecule has 0 aliphatic heterocycles. The molecule has 140 valence electrons. The van der Waals surface area contributed by atoms with Crippen LogP contribution in [-0.2, 0) is 19.1 Å². The van der Waals surface area contributed by atoms with Crippen molar-refractivity contribution in [2.24, 2.45) is 0 Å². The Balaban J connectivity index is 3.97. The summed E-state index contributed by atoms with van der Waals surface area (Å²) in [7, 11) is 3.23. The van der Waals surface area contributed by atoms with Crippen LogP contribution in [0.25, 0.3) is 0 Å². The molecule has 2 atom stereocenters. The maximum Gasteiger partial charge on any atom is 0.319 e. The van der Waals surface area contributed by atoms with Crippen molar-refractivity contribution in [3.63, 3.8) is 0 Å². The average Bonchev–Trinajstić information content (AvgIpc) is 2.44. The molecule has 0 heterocycles. The van der Waals surface area contributed by atoms with Gasteiger partial charge in [-0.2, -0.15) is 25.3 Å². The van der Waals surface area contributed by atoms with E-state index < -0.39 is 0 Å². The van der Waals surface area contributed by atoms with Gasteiger partial charge in [-0.25, -0.2) is 4.79 Å². The maximum atomic E-state index is 12.1. The third kappa shape index (κ3) is 11.4. The minimum atomic E-state index is -0.336. The van der Waals surface area contributed by atoms with Gasteiger partial charge in [-0.1, -0.05) is 13.8 Å². The molecule has 0 N–H and O–H groups in total. The molecule has 0 spiro atoms. The first-order valence-electron chi connectivity index (χ1n) is 7.77. The van der Waals surface area contributed by atoms with Gasteiger partial charge in [0.15, 0.2) is 0 Å². The number of hydrogen-bond donors (Lipinski definition) is 2. The van der Waals surface area contributed by atoms with E-state index in [-0.39, 0.29) is 67.6 Å². The van der Waals surface area contributed by atoms with Crippen LogP contribution in [-0.4, -0.2) is 78.7 Å². The molecule has 0 rings (SSSR count). The second-order valence-electron chi connectivity index (χ2n) is 5.67. The van der Waals surface area contributed by atoms with Crippen molar-refractivity contribution in [1.29, 1.82) is 0 Å². The third-order valence-electron chi connectivity index (χ3n) is 2.96. The number of urea groups is 1. The fourth-order valence-electron chi connectivity index (χ4n) is 1.68. The lowest BCUT2D eigenvalue weighted by atomic mass is 10.3. The highest BCUT2D eigenvalue weighted by Crippen LogP contribution is 2.02. The van der Waals surface area contributed by atoms with Crippen molar-refractivity contribution in [3.8, 4) is 0 Å². The van der Waals surface area contributed by atoms with Gasteiger partial charge < -0.3 is 19.3 Å². The monoisotopic (exact) mass is 380 g/mol. The molecule has 0 aromatic rings. The molecule has 2 amide bonds. The molecule has 0 aromatic heterocycles. The quantitative estimate of drug-likeness (QED) is 0.443. The van der Waals surface area contributed by atoms with E-state index in [2.05, 4.69) is 25.3 Å². The van der Waals surface area contributed by atoms with Crippen LogP contribution in [0.2, 0.25) is 0 Å². The molecule has 0 radical (unpaired) electrons. The molecule has 0 aliphatic carbocycles. The first kappa shape index (κ1) is 22.9. The lowest BCUT2D eigenvalue weighted by molar-refractivity contribution is -0.144. The standard InChI is InChI=1S/C15H28N2O5S2/c1-11(23)9-13(18)21-7-5-16(3)15(20)17(4)6-8-22-14(19)10-12(2)24/h11-12,23-24H,5-10H2,1-4H3. The number of nitrogens with zero attached hydrogens (tertiary/aromatic N) is 2. The highest BCUT2D eigenvalue weighted by molar-refractivity contribution is 7.81. The van der Waals surface area contributed by atoms with Crippen molar-refractivity contribution in [3.05, 3.63) is 0 Å². The van der Waals surface area contributed by atoms with Crippen LogP contribution in [0.15, 0.2) is 0 Å². The first-order valence-corrected chi connectivity index (χ1v) is 8.80. The number of ether oxygens (including phenoxy) is 2. The maximum absolute atomic E-state index is 12.1. The fourth-order valence-corrected chi connectivity index (χ4v) is 1.97. The number of carbonyl (C=O) groups is 3. The summed E-state index contributed by atoms with van der Waals surface area (Å²) in [6, 6.07) is -0.243. The van der Waals surface area contributed by atoms with E-state index in [0.29, 0.717) is 0 Å². The van der Waals surface area contributed by atoms with Crippen LogP contribution in [0, 0.1) is 0 Å². The zero-order valence-electron chi connectivity index (χ0n) is 14.7. The Bertz CT molecular complexity index is 383. The first-order chi connectivity index (χ1) is 11.1. The lowest BCUT2D eigenvalue weighted by Crippen LogP contribution is -2.42. The molecule has 24 heavy (non-hydrogen) atoms. The Hall–Kier alpha value is -1.09. The van der Waals surface area contributed by atoms with Crippen LogP contribution in [0.3, 0.4) is 0 Å². The zero-order valence-corrected chi connectivity index (χ0v) is 16.5. The lowest BCUT2D eigenvalue weighted by Gasteiger charge is -2.24. The van der Waals surface area contributed by atoms with Gasteiger partial charge >= 0.3 is 18.0 Å². The average molecular weight is 381 g/mol. The molecule has 7 nitrogen and oxygen atoms in total. The number of carbonyl (C=O) groups excluding carboxylic acids is 3. The fraction of sp³-hybridized carbons (Fsp3) is 0.800. The van der Waals surface area contributed by atoms with Crippen LogP contribution < -0.4 is 0 Å². The van der Waals surface area contributed by atoms with Crippen molar-refractivity contribution in [2.75, 3.05) is 40.4 Å². The van der Waals surface area contributed by atoms with Gasteiger partial charge in [-0.3, -0.25) is 9.59 Å². The number of esters is 2. The van der Waals surface area contributed by atoms with E-state index >= 15 is 0 Å². The summed E-state index contributed by atoms with van der Waals surface area (Å²) in [4.78, 5) is 37.7. The van der Waals surface area contributed by atoms with Gasteiger partial charge in [0.1, 0.15) is 13.2 Å². The Kier molecular flexibility index (Phi) is 11.7. The molecule has 0 bridgehead atoms. The summed E-state index contributed by atoms with van der Waals surface area (Å²) in [5.74, 6) is -0.672. The predicted molar refractivity (Wildman–Crippen MR) is 98.7 cm³/mol. The van der Waals surface area contributed by atoms with Crippen LogP contribution in [0.4, 0.5) is 4.79 Å². The van der Waals surface area contributed by atoms with Gasteiger partial charge in [-0.05, 0) is 0 Å². The smallest absolute Gasteiger partial charge is 0.319 e. The zero-order chi connectivity index (χ0) is 18.7. The summed E-state index contributed by atoms with van der Waals surface area (Å²) >= 11 is 8.22. The van der Waals surface area contributed by atoms with Gasteiger partial charge in [0.25, 0.3) is 0 Å². The molecular weight excluding hydrogens is 352 g/mol. The van der Waals surface area contributed by atoms with Gasteiger partial charge in [0.2, 0.25) is 0 Å². The summed E-state index contributed by atoms with van der Waals surface area (Å²) in [6.07, 6.45) is 0.466. The number of hydrogen-bond acceptors (Lipinski definition) is 7. The van der Waals surface area contributed by atoms with E-state index in [0.717, 1.165) is 0 Å². The third-order valence-corrected chi connectivity index (χ3v) is 3.32. The van der Waals surface area contributed by atoms with E-state index in [4.69, 9.17) is 9.47 Å². The van der Waals surface area contributed by atoms with Crippen LogP contribution >= 0.6 is 25.3 Å². The minimum absolute atomic E-state index is 0.0590. The highest BCUT2D eigenvalue weighted by Gasteiger charge is 2.15. The predicted octanol–water partition coefficient (Wildman–Crippen LogP) is 1.47. The molecule has 0 fully saturated rings. The molecule has 9 heteroatoms. The largest absolute Gasteiger partial charge is 0.464 e. The van der Waals surface area contributed by atoms with Crippen molar-refractivity contribution >= 4 is 43.2 Å². The molecule has 0 saturated heterocycles. The van der Waals surface area contributed by atoms with Crippen LogP contribution in [0.1, 0.15) is 26.7 Å². The number of rotatable bonds is 10. The second-order valence-corrected chi connectivity index (χ2v) is 7.44. The molecule has 0 saturated carbocycles. The molecule has 0 aromatic carbocycles. The second kappa shape index (κ2) is 12.3. The SMILES string of the molecule is CC(S)CC(=O)OCCN(C)C(=O)N(C)CCOC(=O)CC(C)S. The van der Waals surface area contributed by atoms with Crippen molar-refractivity contribution in [2.45, 2.75) is 37.2 Å². The van der Waals surface area contributed by atoms with E-state index in [9.17, 15) is 14.4 Å². The number of thiol groups is 2. The Morgan fingerprint density at radius 1 is 0.833 bits per heavy atom. The van der Waals surface area contributed by atoms with Gasteiger partial charge in [-0.15, -0.1) is 0 Å². The Morgan fingerprint density at radius 2 is 1.17 bits per heavy atom. The van der Waals surface area contributed by atoms with Gasteiger partial charge in [0, 0.05) is 24.6 Å². The molecule has 0 aliphatic rings. The number of amides is 2. The summed E-state index contributed by atoms with van der Waals surface area (Å²) in [6.45, 7) is 4.44. The Labute approximate surface area is 154 Å². The van der Waals surface area contributed by atoms with Crippen molar-refractivity contribution < 1.29 is 23.9 Å². The highest BCUT2D eigenvalue weighted by atomic mass is 32.1. The van der Waals surface area contributed by atoms with E-state index in [1.807, 2.05) is 0 Å². The van der Waals surface area contributed by atoms with Crippen LogP contribution in [0.5, 0.6) is 0 Å². The summed E-state index contributed by atoms with van der Waals surface area (Å²) < 4.78 is 10.1. The van der Waals surface area contributed by atoms with E-state index in [1.165, 1.54) is 9.80 Å². The summed E-state index contributed by atoms with van der Waals surface area (Å²) in [5, 5.41) is -0.118. The topological polar surface area (TPSA) is 76.2 Å². The summed E-state index contributed by atoms with van der Waals surface area (Å²) in [5.41, 5.74) is 0. The van der Waals surface area contributed by atoms with Crippen molar-refractivity contribution in [1.82, 2.24) is 9.80 Å². The molecular formula is C15H28N2O5S2. The minimum Gasteiger partial charge on any atom is -0.464 e. The van der Waals surface area contributed by atoms with E-state index in [1.54, 1.807) is 27.9 Å². The van der Waals surface area contributed by atoms with Gasteiger partial charge in [0.05, 0.1) is 25.9 Å². The molecule has 2 unspecified atom stereocenters. The number of likely N-dealkylation sites (N-methyl/N-ethyl adjacent to an activating group) is 2. The Morgan fingerprint density at radius 3 is 1.46 bits per heavy atom. The normalized spacial score (nSPS) is 12.9.